The van der Waals surface area contributed by atoms with Crippen LogP contribution in [0.5, 0.6) is 0 Å². The lowest BCUT2D eigenvalue weighted by atomic mass is 9.74. The molecule has 0 aromatic carbocycles. The van der Waals surface area contributed by atoms with Crippen LogP contribution < -0.4 is 5.32 Å². The highest BCUT2D eigenvalue weighted by atomic mass is 32.1. The zero-order valence-corrected chi connectivity index (χ0v) is 14.1. The largest absolute Gasteiger partial charge is 0.481 e. The molecule has 0 spiro atoms. The summed E-state index contributed by atoms with van der Waals surface area (Å²) in [7, 11) is 0. The maximum Gasteiger partial charge on any atom is 0.308 e. The first-order valence-corrected chi connectivity index (χ1v) is 8.80. The Hall–Kier alpha value is -0.870. The first-order chi connectivity index (χ1) is 9.95. The molecule has 0 aliphatic heterocycles. The molecule has 118 valence electrons. The monoisotopic (exact) mass is 309 g/mol. The van der Waals surface area contributed by atoms with E-state index in [1.54, 1.807) is 11.3 Å². The Morgan fingerprint density at radius 1 is 1.38 bits per heavy atom. The van der Waals surface area contributed by atoms with Crippen molar-refractivity contribution in [2.45, 2.75) is 59.0 Å². The molecule has 1 saturated carbocycles. The number of thiophene rings is 1. The van der Waals surface area contributed by atoms with E-state index in [1.165, 1.54) is 24.1 Å². The molecule has 3 atom stereocenters. The highest BCUT2D eigenvalue weighted by Gasteiger charge is 2.30. The fourth-order valence-electron chi connectivity index (χ4n) is 3.43. The second-order valence-electron chi connectivity index (χ2n) is 6.75. The number of rotatable bonds is 6. The number of hydrogen-bond donors (Lipinski definition) is 2. The van der Waals surface area contributed by atoms with E-state index in [0.717, 1.165) is 29.2 Å². The van der Waals surface area contributed by atoms with Gasteiger partial charge in [-0.25, -0.2) is 0 Å². The van der Waals surface area contributed by atoms with Gasteiger partial charge in [0.15, 0.2) is 0 Å². The van der Waals surface area contributed by atoms with E-state index in [0.29, 0.717) is 6.04 Å². The van der Waals surface area contributed by atoms with E-state index in [1.807, 2.05) is 6.07 Å². The molecule has 21 heavy (non-hydrogen) atoms. The molecule has 1 aliphatic rings. The van der Waals surface area contributed by atoms with Gasteiger partial charge in [-0.15, -0.1) is 11.3 Å². The SMILES string of the molecule is CC1CCC(C(C)C)C(NCc2ccc(CC(=O)O)s2)C1. The molecule has 1 aromatic rings. The lowest BCUT2D eigenvalue weighted by molar-refractivity contribution is -0.136. The Balaban J connectivity index is 1.90. The third kappa shape index (κ3) is 4.82. The number of nitrogens with one attached hydrogen (secondary N) is 1. The lowest BCUT2D eigenvalue weighted by Crippen LogP contribution is -2.42. The second kappa shape index (κ2) is 7.41. The standard InChI is InChI=1S/C17H27NO2S/c1-11(2)15-7-4-12(3)8-16(15)18-10-14-6-5-13(21-14)9-17(19)20/h5-6,11-12,15-16,18H,4,7-10H2,1-3H3,(H,19,20). The highest BCUT2D eigenvalue weighted by Crippen LogP contribution is 2.33. The van der Waals surface area contributed by atoms with Crippen LogP contribution >= 0.6 is 11.3 Å². The van der Waals surface area contributed by atoms with Crippen LogP contribution in [-0.4, -0.2) is 17.1 Å². The Morgan fingerprint density at radius 3 is 2.76 bits per heavy atom. The summed E-state index contributed by atoms with van der Waals surface area (Å²) in [6.45, 7) is 7.86. The molecule has 3 unspecified atom stereocenters. The van der Waals surface area contributed by atoms with Crippen molar-refractivity contribution in [3.8, 4) is 0 Å². The maximum atomic E-state index is 10.7. The van der Waals surface area contributed by atoms with Gasteiger partial charge in [0.05, 0.1) is 6.42 Å². The van der Waals surface area contributed by atoms with E-state index >= 15 is 0 Å². The Labute approximate surface area is 131 Å². The summed E-state index contributed by atoms with van der Waals surface area (Å²) in [4.78, 5) is 12.9. The highest BCUT2D eigenvalue weighted by molar-refractivity contribution is 7.12. The molecule has 3 nitrogen and oxygen atoms in total. The Morgan fingerprint density at radius 2 is 2.10 bits per heavy atom. The molecule has 1 heterocycles. The number of carboxylic acid groups (broad SMARTS) is 1. The van der Waals surface area contributed by atoms with Crippen LogP contribution in [0, 0.1) is 17.8 Å². The van der Waals surface area contributed by atoms with Gasteiger partial charge in [0, 0.05) is 22.3 Å². The maximum absolute atomic E-state index is 10.7. The van der Waals surface area contributed by atoms with Gasteiger partial charge in [-0.3, -0.25) is 4.79 Å². The van der Waals surface area contributed by atoms with Crippen molar-refractivity contribution in [1.29, 1.82) is 0 Å². The van der Waals surface area contributed by atoms with Crippen molar-refractivity contribution >= 4 is 17.3 Å². The molecule has 1 fully saturated rings. The number of hydrogen-bond acceptors (Lipinski definition) is 3. The number of carboxylic acids is 1. The van der Waals surface area contributed by atoms with Crippen LogP contribution in [0.4, 0.5) is 0 Å². The van der Waals surface area contributed by atoms with Gasteiger partial charge in [-0.05, 0) is 42.7 Å². The molecule has 0 amide bonds. The van der Waals surface area contributed by atoms with Crippen LogP contribution in [0.25, 0.3) is 0 Å². The van der Waals surface area contributed by atoms with Gasteiger partial charge in [0.2, 0.25) is 0 Å². The van der Waals surface area contributed by atoms with Crippen molar-refractivity contribution in [3.63, 3.8) is 0 Å². The topological polar surface area (TPSA) is 49.3 Å². The quantitative estimate of drug-likeness (QED) is 0.837. The van der Waals surface area contributed by atoms with E-state index < -0.39 is 5.97 Å². The van der Waals surface area contributed by atoms with Gasteiger partial charge >= 0.3 is 5.97 Å². The minimum atomic E-state index is -0.752. The fourth-order valence-corrected chi connectivity index (χ4v) is 4.39. The van der Waals surface area contributed by atoms with Crippen LogP contribution in [0.3, 0.4) is 0 Å². The van der Waals surface area contributed by atoms with Crippen molar-refractivity contribution in [1.82, 2.24) is 5.32 Å². The summed E-state index contributed by atoms with van der Waals surface area (Å²) in [5.41, 5.74) is 0. The van der Waals surface area contributed by atoms with Gasteiger partial charge in [-0.1, -0.05) is 27.2 Å². The van der Waals surface area contributed by atoms with Crippen molar-refractivity contribution in [2.75, 3.05) is 0 Å². The molecule has 0 radical (unpaired) electrons. The lowest BCUT2D eigenvalue weighted by Gasteiger charge is -2.38. The van der Waals surface area contributed by atoms with Crippen molar-refractivity contribution in [2.24, 2.45) is 17.8 Å². The average Bonchev–Trinajstić information content (AvgIpc) is 2.82. The second-order valence-corrected chi connectivity index (χ2v) is 8.00. The minimum Gasteiger partial charge on any atom is -0.481 e. The van der Waals surface area contributed by atoms with Crippen molar-refractivity contribution in [3.05, 3.63) is 21.9 Å². The predicted octanol–water partition coefficient (Wildman–Crippen LogP) is 3.93. The average molecular weight is 309 g/mol. The molecule has 1 aromatic heterocycles. The van der Waals surface area contributed by atoms with E-state index in [4.69, 9.17) is 5.11 Å². The third-order valence-corrected chi connectivity index (χ3v) is 5.69. The van der Waals surface area contributed by atoms with Crippen LogP contribution in [0.2, 0.25) is 0 Å². The number of aliphatic carboxylic acids is 1. The molecule has 2 N–H and O–H groups in total. The predicted molar refractivity (Wildman–Crippen MR) is 87.6 cm³/mol. The third-order valence-electron chi connectivity index (χ3n) is 4.60. The van der Waals surface area contributed by atoms with Crippen molar-refractivity contribution < 1.29 is 9.90 Å². The number of carbonyl (C=O) groups is 1. The normalized spacial score (nSPS) is 26.2. The molecule has 0 saturated heterocycles. The minimum absolute atomic E-state index is 0.139. The van der Waals surface area contributed by atoms with Gasteiger partial charge in [0.1, 0.15) is 0 Å². The summed E-state index contributed by atoms with van der Waals surface area (Å²) in [5, 5.41) is 12.6. The summed E-state index contributed by atoms with van der Waals surface area (Å²) >= 11 is 1.62. The summed E-state index contributed by atoms with van der Waals surface area (Å²) in [6, 6.07) is 4.60. The van der Waals surface area contributed by atoms with E-state index in [2.05, 4.69) is 32.2 Å². The Bertz CT molecular complexity index is 469. The zero-order chi connectivity index (χ0) is 15.4. The molecule has 4 heteroatoms. The molecule has 2 rings (SSSR count). The first kappa shape index (κ1) is 16.5. The summed E-state index contributed by atoms with van der Waals surface area (Å²) in [6.07, 6.45) is 4.07. The van der Waals surface area contributed by atoms with Gasteiger partial charge in [0.25, 0.3) is 0 Å². The van der Waals surface area contributed by atoms with Gasteiger partial charge in [-0.2, -0.15) is 0 Å². The van der Waals surface area contributed by atoms with Crippen LogP contribution in [-0.2, 0) is 17.8 Å². The zero-order valence-electron chi connectivity index (χ0n) is 13.3. The van der Waals surface area contributed by atoms with Gasteiger partial charge < -0.3 is 10.4 Å². The molecular weight excluding hydrogens is 282 g/mol. The molecule has 0 bridgehead atoms. The van der Waals surface area contributed by atoms with Crippen LogP contribution in [0.15, 0.2) is 12.1 Å². The van der Waals surface area contributed by atoms with E-state index in [-0.39, 0.29) is 6.42 Å². The summed E-state index contributed by atoms with van der Waals surface area (Å²) in [5.74, 6) is 1.54. The Kier molecular flexibility index (Phi) is 5.82. The van der Waals surface area contributed by atoms with Crippen LogP contribution in [0.1, 0.15) is 49.8 Å². The van der Waals surface area contributed by atoms with E-state index in [9.17, 15) is 4.79 Å². The summed E-state index contributed by atoms with van der Waals surface area (Å²) < 4.78 is 0. The smallest absolute Gasteiger partial charge is 0.308 e. The first-order valence-electron chi connectivity index (χ1n) is 7.98. The molecular formula is C17H27NO2S. The molecule has 1 aliphatic carbocycles. The fraction of sp³-hybridized carbons (Fsp3) is 0.706.